The number of aryl methyl sites for hydroxylation is 1. The van der Waals surface area contributed by atoms with E-state index in [0.29, 0.717) is 38.2 Å². The van der Waals surface area contributed by atoms with Gasteiger partial charge in [-0.05, 0) is 38.5 Å². The van der Waals surface area contributed by atoms with Crippen molar-refractivity contribution < 1.29 is 17.6 Å². The zero-order valence-electron chi connectivity index (χ0n) is 16.6. The molecule has 2 fully saturated rings. The highest BCUT2D eigenvalue weighted by Gasteiger charge is 2.33. The Morgan fingerprint density at radius 2 is 1.90 bits per heavy atom. The van der Waals surface area contributed by atoms with Crippen LogP contribution in [-0.4, -0.2) is 66.7 Å². The largest absolute Gasteiger partial charge is 0.365 e. The Kier molecular flexibility index (Phi) is 5.10. The molecule has 0 bridgehead atoms. The molecule has 29 heavy (non-hydrogen) atoms. The first-order valence-corrected chi connectivity index (χ1v) is 11.6. The Bertz CT molecular complexity index is 1040. The summed E-state index contributed by atoms with van der Waals surface area (Å²) in [6.07, 6.45) is 0.597. The number of carbonyl (C=O) groups excluding carboxylic acids is 1. The number of anilines is 1. The number of hydrogen-bond donors (Lipinski definition) is 0. The molecule has 2 aliphatic rings. The van der Waals surface area contributed by atoms with Gasteiger partial charge in [-0.1, -0.05) is 6.07 Å². The van der Waals surface area contributed by atoms with E-state index in [-0.39, 0.29) is 23.5 Å². The molecule has 3 heterocycles. The highest BCUT2D eigenvalue weighted by atomic mass is 32.2. The van der Waals surface area contributed by atoms with Crippen molar-refractivity contribution >= 4 is 21.4 Å². The van der Waals surface area contributed by atoms with Gasteiger partial charge in [0, 0.05) is 31.7 Å². The van der Waals surface area contributed by atoms with Crippen molar-refractivity contribution in [2.24, 2.45) is 0 Å². The molecule has 2 aromatic rings. The van der Waals surface area contributed by atoms with E-state index < -0.39 is 15.7 Å². The summed E-state index contributed by atoms with van der Waals surface area (Å²) in [5.74, 6) is -0.220. The minimum Gasteiger partial charge on any atom is -0.365 e. The second-order valence-corrected chi connectivity index (χ2v) is 10.0. The molecule has 1 unspecified atom stereocenters. The fraction of sp³-hybridized carbons (Fsp3) is 0.500. The van der Waals surface area contributed by atoms with Gasteiger partial charge >= 0.3 is 0 Å². The Hall–Kier alpha value is -2.42. The van der Waals surface area contributed by atoms with E-state index in [2.05, 4.69) is 10.00 Å². The van der Waals surface area contributed by atoms with Crippen LogP contribution in [0.25, 0.3) is 0 Å². The molecule has 2 aliphatic heterocycles. The van der Waals surface area contributed by atoms with Crippen LogP contribution < -0.4 is 4.90 Å². The number of nitrogens with zero attached hydrogens (tertiary/aromatic N) is 4. The number of carbonyl (C=O) groups is 1. The van der Waals surface area contributed by atoms with Crippen LogP contribution in [-0.2, 0) is 9.84 Å². The van der Waals surface area contributed by atoms with Crippen molar-refractivity contribution in [2.45, 2.75) is 26.3 Å². The molecule has 1 amide bonds. The molecule has 0 radical (unpaired) electrons. The van der Waals surface area contributed by atoms with Crippen molar-refractivity contribution in [3.63, 3.8) is 0 Å². The highest BCUT2D eigenvalue weighted by Crippen LogP contribution is 2.31. The fourth-order valence-electron chi connectivity index (χ4n) is 4.37. The number of sulfone groups is 1. The minimum atomic E-state index is -2.98. The molecule has 7 nitrogen and oxygen atoms in total. The van der Waals surface area contributed by atoms with Crippen LogP contribution in [0.3, 0.4) is 0 Å². The summed E-state index contributed by atoms with van der Waals surface area (Å²) < 4.78 is 39.0. The molecule has 1 atom stereocenters. The van der Waals surface area contributed by atoms with Gasteiger partial charge in [0.25, 0.3) is 5.91 Å². The first-order chi connectivity index (χ1) is 13.7. The van der Waals surface area contributed by atoms with Crippen molar-refractivity contribution in [1.29, 1.82) is 0 Å². The van der Waals surface area contributed by atoms with Crippen LogP contribution in [0.5, 0.6) is 0 Å². The molecule has 0 spiro atoms. The van der Waals surface area contributed by atoms with Gasteiger partial charge in [0.15, 0.2) is 9.84 Å². The standard InChI is InChI=1S/C20H25FN4O3S/c1-14-19(15(2)25(22-14)18-6-11-29(27,28)13-18)23-7-9-24(10-8-23)20(26)16-4-3-5-17(21)12-16/h3-5,12,18H,6-11,13H2,1-2H3. The second-order valence-electron chi connectivity index (χ2n) is 7.81. The lowest BCUT2D eigenvalue weighted by atomic mass is 10.1. The van der Waals surface area contributed by atoms with E-state index in [1.807, 2.05) is 18.5 Å². The summed E-state index contributed by atoms with van der Waals surface area (Å²) in [5, 5.41) is 4.63. The van der Waals surface area contributed by atoms with E-state index in [4.69, 9.17) is 0 Å². The predicted molar refractivity (Wildman–Crippen MR) is 109 cm³/mol. The quantitative estimate of drug-likeness (QED) is 0.759. The number of piperazine rings is 1. The average molecular weight is 421 g/mol. The van der Waals surface area contributed by atoms with Gasteiger partial charge in [-0.15, -0.1) is 0 Å². The normalized spacial score (nSPS) is 21.6. The molecule has 0 aliphatic carbocycles. The highest BCUT2D eigenvalue weighted by molar-refractivity contribution is 7.91. The molecular formula is C20H25FN4O3S. The number of rotatable bonds is 3. The zero-order chi connectivity index (χ0) is 20.8. The molecule has 0 saturated carbocycles. The van der Waals surface area contributed by atoms with Crippen LogP contribution in [0, 0.1) is 19.7 Å². The third kappa shape index (κ3) is 3.88. The Labute approximate surface area is 170 Å². The van der Waals surface area contributed by atoms with E-state index in [0.717, 1.165) is 17.1 Å². The van der Waals surface area contributed by atoms with Gasteiger partial charge in [0.2, 0.25) is 0 Å². The molecule has 9 heteroatoms. The number of hydrogen-bond acceptors (Lipinski definition) is 5. The van der Waals surface area contributed by atoms with Crippen LogP contribution >= 0.6 is 0 Å². The predicted octanol–water partition coefficient (Wildman–Crippen LogP) is 1.96. The third-order valence-corrected chi connectivity index (χ3v) is 7.55. The Morgan fingerprint density at radius 3 is 2.52 bits per heavy atom. The van der Waals surface area contributed by atoms with E-state index in [1.54, 1.807) is 17.0 Å². The van der Waals surface area contributed by atoms with E-state index in [9.17, 15) is 17.6 Å². The maximum absolute atomic E-state index is 13.4. The SMILES string of the molecule is Cc1nn(C2CCS(=O)(=O)C2)c(C)c1N1CCN(C(=O)c2cccc(F)c2)CC1. The summed E-state index contributed by atoms with van der Waals surface area (Å²) in [6, 6.07) is 5.66. The maximum atomic E-state index is 13.4. The van der Waals surface area contributed by atoms with Gasteiger partial charge < -0.3 is 9.80 Å². The van der Waals surface area contributed by atoms with Crippen molar-refractivity contribution in [3.05, 3.63) is 47.0 Å². The topological polar surface area (TPSA) is 75.5 Å². The number of halogens is 1. The Morgan fingerprint density at radius 1 is 1.17 bits per heavy atom. The molecule has 1 aromatic heterocycles. The monoisotopic (exact) mass is 420 g/mol. The zero-order valence-corrected chi connectivity index (χ0v) is 17.5. The van der Waals surface area contributed by atoms with Crippen molar-refractivity contribution in [1.82, 2.24) is 14.7 Å². The summed E-state index contributed by atoms with van der Waals surface area (Å²) >= 11 is 0. The van der Waals surface area contributed by atoms with E-state index >= 15 is 0 Å². The van der Waals surface area contributed by atoms with Crippen molar-refractivity contribution in [3.8, 4) is 0 Å². The van der Waals surface area contributed by atoms with Gasteiger partial charge in [0.05, 0.1) is 34.6 Å². The molecule has 156 valence electrons. The maximum Gasteiger partial charge on any atom is 0.254 e. The minimum absolute atomic E-state index is 0.108. The van der Waals surface area contributed by atoms with Crippen molar-refractivity contribution in [2.75, 3.05) is 42.6 Å². The van der Waals surface area contributed by atoms with Gasteiger partial charge in [-0.2, -0.15) is 5.10 Å². The van der Waals surface area contributed by atoms with Gasteiger partial charge in [0.1, 0.15) is 5.82 Å². The molecule has 2 saturated heterocycles. The lowest BCUT2D eigenvalue weighted by Crippen LogP contribution is -2.49. The number of amides is 1. The lowest BCUT2D eigenvalue weighted by molar-refractivity contribution is 0.0746. The number of benzene rings is 1. The van der Waals surface area contributed by atoms with Crippen LogP contribution in [0.1, 0.15) is 34.2 Å². The van der Waals surface area contributed by atoms with Gasteiger partial charge in [-0.3, -0.25) is 9.48 Å². The first kappa shape index (κ1) is 19.9. The van der Waals surface area contributed by atoms with E-state index in [1.165, 1.54) is 12.1 Å². The molecule has 0 N–H and O–H groups in total. The molecular weight excluding hydrogens is 395 g/mol. The number of aromatic nitrogens is 2. The van der Waals surface area contributed by atoms with Crippen LogP contribution in [0.15, 0.2) is 24.3 Å². The Balaban J connectivity index is 1.47. The summed E-state index contributed by atoms with van der Waals surface area (Å²) in [4.78, 5) is 16.6. The first-order valence-electron chi connectivity index (χ1n) is 9.81. The van der Waals surface area contributed by atoms with Crippen LogP contribution in [0.4, 0.5) is 10.1 Å². The lowest BCUT2D eigenvalue weighted by Gasteiger charge is -2.36. The molecule has 1 aromatic carbocycles. The second kappa shape index (κ2) is 7.44. The summed E-state index contributed by atoms with van der Waals surface area (Å²) in [7, 11) is -2.98. The summed E-state index contributed by atoms with van der Waals surface area (Å²) in [6.45, 7) is 6.29. The third-order valence-electron chi connectivity index (χ3n) is 5.80. The fourth-order valence-corrected chi connectivity index (χ4v) is 6.06. The van der Waals surface area contributed by atoms with Gasteiger partial charge in [-0.25, -0.2) is 12.8 Å². The van der Waals surface area contributed by atoms with Crippen LogP contribution in [0.2, 0.25) is 0 Å². The average Bonchev–Trinajstić information content (AvgIpc) is 3.19. The smallest absolute Gasteiger partial charge is 0.254 e. The molecule has 4 rings (SSSR count). The summed E-state index contributed by atoms with van der Waals surface area (Å²) in [5.41, 5.74) is 3.22.